The van der Waals surface area contributed by atoms with Crippen molar-refractivity contribution in [1.82, 2.24) is 0 Å². The summed E-state index contributed by atoms with van der Waals surface area (Å²) < 4.78 is 5.53. The first-order chi connectivity index (χ1) is 17.2. The highest BCUT2D eigenvalue weighted by Gasteiger charge is 2.72. The molecule has 0 heterocycles. The van der Waals surface area contributed by atoms with Crippen LogP contribution in [0, 0.1) is 62.6 Å². The van der Waals surface area contributed by atoms with Crippen LogP contribution in [0.5, 0.6) is 0 Å². The maximum atomic E-state index is 13.5. The molecule has 0 aliphatic heterocycles. The van der Waals surface area contributed by atoms with Gasteiger partial charge in [-0.15, -0.1) is 0 Å². The van der Waals surface area contributed by atoms with Crippen LogP contribution in [0.1, 0.15) is 106 Å². The van der Waals surface area contributed by atoms with Crippen LogP contribution in [0.4, 0.5) is 0 Å². The summed E-state index contributed by atoms with van der Waals surface area (Å²) in [5, 5.41) is 0.820. The van der Waals surface area contributed by atoms with Gasteiger partial charge in [-0.1, -0.05) is 62.7 Å². The van der Waals surface area contributed by atoms with Gasteiger partial charge in [-0.2, -0.15) is 0 Å². The van der Waals surface area contributed by atoms with Crippen molar-refractivity contribution in [3.05, 3.63) is 12.2 Å². The van der Waals surface area contributed by atoms with Crippen LogP contribution >= 0.6 is 15.9 Å². The molecule has 5 saturated carbocycles. The number of ether oxygens (including phenoxy) is 1. The normalized spacial score (nSPS) is 50.2. The van der Waals surface area contributed by atoms with Gasteiger partial charge >= 0.3 is 5.97 Å². The highest BCUT2D eigenvalue weighted by atomic mass is 79.9. The Kier molecular flexibility index (Phi) is 6.74. The quantitative estimate of drug-likeness (QED) is 0.192. The lowest BCUT2D eigenvalue weighted by Gasteiger charge is -2.73. The maximum absolute atomic E-state index is 13.5. The highest BCUT2D eigenvalue weighted by molar-refractivity contribution is 9.09. The molecule has 0 aromatic carbocycles. The molecule has 5 rings (SSSR count). The molecule has 5 aliphatic carbocycles. The topological polar surface area (TPSA) is 43.4 Å². The molecule has 0 aromatic rings. The fourth-order valence-corrected chi connectivity index (χ4v) is 12.9. The Labute approximate surface area is 234 Å². The standard InChI is InChI=1S/C33H51BrO3/c1-20(19-34)22-11-16-33(28(36)37-8)18-17-31(6)24(27(22)33)9-10-26-30(5)14-12-23(21(2)35)29(3,4)25(30)13-15-32(26,31)7/h22-27H,1,9-19H2,2-8H3/t22-,23+,24+,25-,26+,27+,30-,31+,32+,33-/m0/s1. The number of hydrogen-bond acceptors (Lipinski definition) is 3. The third-order valence-electron chi connectivity index (χ3n) is 14.2. The Hall–Kier alpha value is -0.640. The van der Waals surface area contributed by atoms with Crippen molar-refractivity contribution in [1.29, 1.82) is 0 Å². The van der Waals surface area contributed by atoms with Crippen LogP contribution in [0.2, 0.25) is 0 Å². The molecular weight excluding hydrogens is 524 g/mol. The Bertz CT molecular complexity index is 986. The Morgan fingerprint density at radius 3 is 2.19 bits per heavy atom. The van der Waals surface area contributed by atoms with Crippen LogP contribution in [0.25, 0.3) is 0 Å². The number of fused-ring (bicyclic) bond motifs is 7. The largest absolute Gasteiger partial charge is 0.469 e. The van der Waals surface area contributed by atoms with Crippen LogP contribution in [-0.4, -0.2) is 24.2 Å². The number of alkyl halides is 1. The Morgan fingerprint density at radius 1 is 0.865 bits per heavy atom. The highest BCUT2D eigenvalue weighted by Crippen LogP contribution is 2.78. The minimum absolute atomic E-state index is 0.0386. The van der Waals surface area contributed by atoms with E-state index in [0.717, 1.165) is 37.4 Å². The van der Waals surface area contributed by atoms with Gasteiger partial charge in [0, 0.05) is 11.2 Å². The molecule has 5 fully saturated rings. The second-order valence-corrected chi connectivity index (χ2v) is 15.9. The number of ketones is 1. The molecular formula is C33H51BrO3. The molecule has 0 unspecified atom stereocenters. The summed E-state index contributed by atoms with van der Waals surface area (Å²) in [5.41, 5.74) is 1.75. The number of allylic oxidation sites excluding steroid dienone is 1. The fourth-order valence-electron chi connectivity index (χ4n) is 12.4. The number of Topliss-reactive ketones (excluding diaryl/α,β-unsaturated/α-hetero) is 1. The summed E-state index contributed by atoms with van der Waals surface area (Å²) in [7, 11) is 1.59. The summed E-state index contributed by atoms with van der Waals surface area (Å²) in [6.45, 7) is 19.0. The molecule has 0 amide bonds. The number of esters is 1. The van der Waals surface area contributed by atoms with Gasteiger partial charge in [-0.25, -0.2) is 0 Å². The first-order valence-corrected chi connectivity index (χ1v) is 16.2. The van der Waals surface area contributed by atoms with Gasteiger partial charge < -0.3 is 4.74 Å². The van der Waals surface area contributed by atoms with Crippen molar-refractivity contribution in [2.75, 3.05) is 12.4 Å². The third kappa shape index (κ3) is 3.48. The Morgan fingerprint density at radius 2 is 1.57 bits per heavy atom. The molecule has 37 heavy (non-hydrogen) atoms. The van der Waals surface area contributed by atoms with Crippen LogP contribution in [0.3, 0.4) is 0 Å². The predicted octanol–water partition coefficient (Wildman–Crippen LogP) is 8.40. The van der Waals surface area contributed by atoms with E-state index in [-0.39, 0.29) is 39.0 Å². The van der Waals surface area contributed by atoms with Crippen LogP contribution < -0.4 is 0 Å². The van der Waals surface area contributed by atoms with Crippen molar-refractivity contribution < 1.29 is 14.3 Å². The summed E-state index contributed by atoms with van der Waals surface area (Å²) >= 11 is 3.71. The van der Waals surface area contributed by atoms with Crippen molar-refractivity contribution >= 4 is 27.7 Å². The van der Waals surface area contributed by atoms with E-state index in [0.29, 0.717) is 35.4 Å². The Balaban J connectivity index is 1.55. The first-order valence-electron chi connectivity index (χ1n) is 15.1. The van der Waals surface area contributed by atoms with E-state index in [1.54, 1.807) is 7.11 Å². The van der Waals surface area contributed by atoms with E-state index in [4.69, 9.17) is 4.74 Å². The summed E-state index contributed by atoms with van der Waals surface area (Å²) in [6, 6.07) is 0. The molecule has 0 aromatic heterocycles. The number of methoxy groups -OCH3 is 1. The summed E-state index contributed by atoms with van der Waals surface area (Å²) in [6.07, 6.45) is 11.3. The molecule has 5 aliphatic rings. The van der Waals surface area contributed by atoms with Crippen molar-refractivity contribution in [3.63, 3.8) is 0 Å². The predicted molar refractivity (Wildman–Crippen MR) is 153 cm³/mol. The molecule has 0 saturated heterocycles. The molecule has 0 N–H and O–H groups in total. The molecule has 3 nitrogen and oxygen atoms in total. The van der Waals surface area contributed by atoms with E-state index in [9.17, 15) is 9.59 Å². The van der Waals surface area contributed by atoms with Gasteiger partial charge in [0.2, 0.25) is 0 Å². The maximum Gasteiger partial charge on any atom is 0.312 e. The smallest absolute Gasteiger partial charge is 0.312 e. The lowest BCUT2D eigenvalue weighted by atomic mass is 9.32. The minimum atomic E-state index is -0.333. The van der Waals surface area contributed by atoms with Gasteiger partial charge in [0.15, 0.2) is 0 Å². The first kappa shape index (κ1) is 27.9. The average Bonchev–Trinajstić information content (AvgIpc) is 3.23. The fraction of sp³-hybridized carbons (Fsp3) is 0.879. The molecule has 208 valence electrons. The van der Waals surface area contributed by atoms with Gasteiger partial charge in [0.25, 0.3) is 0 Å². The molecule has 10 atom stereocenters. The van der Waals surface area contributed by atoms with Gasteiger partial charge in [0.1, 0.15) is 5.78 Å². The van der Waals surface area contributed by atoms with Gasteiger partial charge in [0.05, 0.1) is 12.5 Å². The van der Waals surface area contributed by atoms with Crippen molar-refractivity contribution in [3.8, 4) is 0 Å². The SMILES string of the molecule is C=C(CBr)[C@@H]1CC[C@]2(C(=O)OC)CC[C@]3(C)[C@H](CC[C@@H]4[C@@]5(C)CC[C@H](C(C)=O)C(C)(C)[C@@H]5CC[C@]43C)[C@@H]12. The number of halogens is 1. The zero-order valence-electron chi connectivity index (χ0n) is 24.6. The van der Waals surface area contributed by atoms with Gasteiger partial charge in [-0.3, -0.25) is 9.59 Å². The molecule has 0 spiro atoms. The van der Waals surface area contributed by atoms with Gasteiger partial charge in [-0.05, 0) is 122 Å². The monoisotopic (exact) mass is 574 g/mol. The van der Waals surface area contributed by atoms with E-state index < -0.39 is 0 Å². The van der Waals surface area contributed by atoms with Crippen molar-refractivity contribution in [2.24, 2.45) is 62.6 Å². The number of carbonyl (C=O) groups excluding carboxylic acids is 2. The minimum Gasteiger partial charge on any atom is -0.469 e. The lowest BCUT2D eigenvalue weighted by molar-refractivity contribution is -0.242. The second-order valence-electron chi connectivity index (χ2n) is 15.3. The number of hydrogen-bond donors (Lipinski definition) is 0. The number of rotatable bonds is 4. The summed E-state index contributed by atoms with van der Waals surface area (Å²) in [5.74, 6) is 3.19. The van der Waals surface area contributed by atoms with E-state index in [2.05, 4.69) is 57.1 Å². The second kappa shape index (κ2) is 8.93. The zero-order chi connectivity index (χ0) is 27.2. The van der Waals surface area contributed by atoms with E-state index >= 15 is 0 Å². The third-order valence-corrected chi connectivity index (χ3v) is 15.0. The lowest BCUT2D eigenvalue weighted by Crippen LogP contribution is -2.67. The van der Waals surface area contributed by atoms with E-state index in [1.165, 1.54) is 37.7 Å². The van der Waals surface area contributed by atoms with E-state index in [1.807, 2.05) is 6.92 Å². The van der Waals surface area contributed by atoms with Crippen LogP contribution in [-0.2, 0) is 14.3 Å². The number of carbonyl (C=O) groups is 2. The van der Waals surface area contributed by atoms with Crippen LogP contribution in [0.15, 0.2) is 12.2 Å². The van der Waals surface area contributed by atoms with Crippen molar-refractivity contribution in [2.45, 2.75) is 106 Å². The summed E-state index contributed by atoms with van der Waals surface area (Å²) in [4.78, 5) is 26.1. The zero-order valence-corrected chi connectivity index (χ0v) is 26.1. The molecule has 0 radical (unpaired) electrons. The molecule has 0 bridgehead atoms. The average molecular weight is 576 g/mol. The molecule has 4 heteroatoms.